The van der Waals surface area contributed by atoms with E-state index in [4.69, 9.17) is 9.47 Å². The number of piperidine rings is 1. The fourth-order valence-corrected chi connectivity index (χ4v) is 4.59. The van der Waals surface area contributed by atoms with E-state index in [-0.39, 0.29) is 29.5 Å². The lowest BCUT2D eigenvalue weighted by Crippen LogP contribution is -2.44. The SMILES string of the molecule is COc1cn(C)c(Cn2c(=O)c3cc(OC(CF)CF)ccc3n(C3CCN(C=O)CC3)c2=O)cc1=O. The summed E-state index contributed by atoms with van der Waals surface area (Å²) in [6.45, 7) is -1.38. The zero-order valence-corrected chi connectivity index (χ0v) is 20.6. The highest BCUT2D eigenvalue weighted by Crippen LogP contribution is 2.26. The topological polar surface area (TPSA) is 105 Å². The molecule has 37 heavy (non-hydrogen) atoms. The average Bonchev–Trinajstić information content (AvgIpc) is 2.91. The van der Waals surface area contributed by atoms with Gasteiger partial charge in [-0.05, 0) is 31.0 Å². The largest absolute Gasteiger partial charge is 0.491 e. The summed E-state index contributed by atoms with van der Waals surface area (Å²) in [7, 11) is 3.03. The third-order valence-corrected chi connectivity index (χ3v) is 6.64. The number of carbonyl (C=O) groups is 1. The number of halogens is 2. The number of carbonyl (C=O) groups excluding carboxylic acids is 1. The monoisotopic (exact) mass is 518 g/mol. The number of nitrogens with zero attached hydrogens (tertiary/aromatic N) is 4. The summed E-state index contributed by atoms with van der Waals surface area (Å²) in [5.41, 5.74) is -0.847. The van der Waals surface area contributed by atoms with E-state index in [2.05, 4.69) is 0 Å². The fourth-order valence-electron chi connectivity index (χ4n) is 4.59. The van der Waals surface area contributed by atoms with E-state index >= 15 is 0 Å². The van der Waals surface area contributed by atoms with E-state index in [0.717, 1.165) is 11.0 Å². The Morgan fingerprint density at radius 1 is 1.11 bits per heavy atom. The lowest BCUT2D eigenvalue weighted by atomic mass is 10.0. The Balaban J connectivity index is 1.89. The number of ether oxygens (including phenoxy) is 2. The lowest BCUT2D eigenvalue weighted by molar-refractivity contribution is -0.119. The second-order valence-corrected chi connectivity index (χ2v) is 8.95. The number of rotatable bonds is 9. The molecule has 4 rings (SSSR count). The summed E-state index contributed by atoms with van der Waals surface area (Å²) in [5.74, 6) is 0.211. The van der Waals surface area contributed by atoms with Crippen LogP contribution in [-0.4, -0.2) is 64.7 Å². The summed E-state index contributed by atoms with van der Waals surface area (Å²) < 4.78 is 40.6. The minimum atomic E-state index is -1.31. The van der Waals surface area contributed by atoms with E-state index in [0.29, 0.717) is 37.1 Å². The van der Waals surface area contributed by atoms with Crippen LogP contribution < -0.4 is 26.2 Å². The number of likely N-dealkylation sites (tertiary alicyclic amines) is 1. The first kappa shape index (κ1) is 26.1. The fraction of sp³-hybridized carbons (Fsp3) is 0.440. The highest BCUT2D eigenvalue weighted by molar-refractivity contribution is 5.80. The van der Waals surface area contributed by atoms with Gasteiger partial charge >= 0.3 is 5.69 Å². The first-order chi connectivity index (χ1) is 17.8. The first-order valence-corrected chi connectivity index (χ1v) is 11.8. The Bertz CT molecular complexity index is 1470. The summed E-state index contributed by atoms with van der Waals surface area (Å²) in [6.07, 6.45) is 1.91. The molecule has 1 amide bonds. The van der Waals surface area contributed by atoms with Crippen molar-refractivity contribution in [2.24, 2.45) is 7.05 Å². The van der Waals surface area contributed by atoms with Crippen LogP contribution in [0.4, 0.5) is 8.78 Å². The van der Waals surface area contributed by atoms with E-state index < -0.39 is 36.1 Å². The van der Waals surface area contributed by atoms with Crippen molar-refractivity contribution in [2.75, 3.05) is 33.5 Å². The summed E-state index contributed by atoms with van der Waals surface area (Å²) in [5, 5.41) is 0.130. The molecule has 0 aliphatic carbocycles. The first-order valence-electron chi connectivity index (χ1n) is 11.8. The maximum absolute atomic E-state index is 13.7. The van der Waals surface area contributed by atoms with Gasteiger partial charge in [0.15, 0.2) is 11.9 Å². The molecule has 2 aromatic heterocycles. The van der Waals surface area contributed by atoms with Crippen LogP contribution in [0.1, 0.15) is 24.6 Å². The second-order valence-electron chi connectivity index (χ2n) is 8.95. The number of fused-ring (bicyclic) bond motifs is 1. The van der Waals surface area contributed by atoms with Crippen LogP contribution in [0.15, 0.2) is 44.8 Å². The number of amides is 1. The normalized spacial score (nSPS) is 14.4. The Morgan fingerprint density at radius 2 is 1.81 bits per heavy atom. The molecule has 0 unspecified atom stereocenters. The molecule has 0 saturated carbocycles. The van der Waals surface area contributed by atoms with Crippen LogP contribution in [0, 0.1) is 0 Å². The number of aromatic nitrogens is 3. The van der Waals surface area contributed by atoms with Gasteiger partial charge in [0.25, 0.3) is 5.56 Å². The third-order valence-electron chi connectivity index (χ3n) is 6.64. The zero-order valence-electron chi connectivity index (χ0n) is 20.6. The number of aryl methyl sites for hydroxylation is 1. The van der Waals surface area contributed by atoms with Gasteiger partial charge in [0.1, 0.15) is 19.1 Å². The van der Waals surface area contributed by atoms with Crippen LogP contribution in [0.2, 0.25) is 0 Å². The molecule has 3 aromatic rings. The van der Waals surface area contributed by atoms with Crippen LogP contribution in [0.5, 0.6) is 11.5 Å². The minimum Gasteiger partial charge on any atom is -0.491 e. The average molecular weight is 519 g/mol. The van der Waals surface area contributed by atoms with Gasteiger partial charge in [-0.3, -0.25) is 23.5 Å². The predicted molar refractivity (Wildman–Crippen MR) is 132 cm³/mol. The van der Waals surface area contributed by atoms with Crippen molar-refractivity contribution in [1.82, 2.24) is 18.6 Å². The highest BCUT2D eigenvalue weighted by Gasteiger charge is 2.25. The lowest BCUT2D eigenvalue weighted by Gasteiger charge is -2.31. The van der Waals surface area contributed by atoms with Gasteiger partial charge in [0, 0.05) is 37.9 Å². The van der Waals surface area contributed by atoms with Crippen LogP contribution in [0.3, 0.4) is 0 Å². The van der Waals surface area contributed by atoms with Crippen LogP contribution >= 0.6 is 0 Å². The number of methoxy groups -OCH3 is 1. The highest BCUT2D eigenvalue weighted by atomic mass is 19.1. The van der Waals surface area contributed by atoms with Crippen molar-refractivity contribution in [3.63, 3.8) is 0 Å². The molecule has 1 fully saturated rings. The van der Waals surface area contributed by atoms with Crippen molar-refractivity contribution in [2.45, 2.75) is 31.5 Å². The zero-order chi connectivity index (χ0) is 26.7. The molecule has 0 bridgehead atoms. The summed E-state index contributed by atoms with van der Waals surface area (Å²) in [6, 6.07) is 5.37. The predicted octanol–water partition coefficient (Wildman–Crippen LogP) is 1.40. The van der Waals surface area contributed by atoms with Gasteiger partial charge in [-0.15, -0.1) is 0 Å². The molecule has 12 heteroatoms. The summed E-state index contributed by atoms with van der Waals surface area (Å²) in [4.78, 5) is 52.4. The Labute approximate surface area is 210 Å². The molecule has 0 N–H and O–H groups in total. The van der Waals surface area contributed by atoms with Gasteiger partial charge in [-0.2, -0.15) is 0 Å². The molecule has 0 spiro atoms. The smallest absolute Gasteiger partial charge is 0.332 e. The number of benzene rings is 1. The maximum atomic E-state index is 13.7. The summed E-state index contributed by atoms with van der Waals surface area (Å²) >= 11 is 0. The number of hydrogen-bond donors (Lipinski definition) is 0. The maximum Gasteiger partial charge on any atom is 0.332 e. The van der Waals surface area contributed by atoms with E-state index in [9.17, 15) is 28.0 Å². The molecule has 10 nitrogen and oxygen atoms in total. The number of pyridine rings is 1. The molecule has 0 radical (unpaired) electrons. The van der Waals surface area contributed by atoms with Crippen molar-refractivity contribution in [3.8, 4) is 11.5 Å². The quantitative estimate of drug-likeness (QED) is 0.397. The minimum absolute atomic E-state index is 0.0919. The van der Waals surface area contributed by atoms with E-state index in [1.807, 2.05) is 0 Å². The van der Waals surface area contributed by atoms with Crippen LogP contribution in [-0.2, 0) is 18.4 Å². The van der Waals surface area contributed by atoms with Crippen molar-refractivity contribution in [1.29, 1.82) is 0 Å². The molecular formula is C25H28F2N4O6. The second kappa shape index (κ2) is 11.0. The van der Waals surface area contributed by atoms with E-state index in [1.54, 1.807) is 16.5 Å². The molecule has 1 aliphatic rings. The van der Waals surface area contributed by atoms with Gasteiger partial charge < -0.3 is 18.9 Å². The van der Waals surface area contributed by atoms with Gasteiger partial charge in [-0.1, -0.05) is 0 Å². The Hall–Kier alpha value is -3.96. The van der Waals surface area contributed by atoms with E-state index in [1.165, 1.54) is 42.1 Å². The van der Waals surface area contributed by atoms with Crippen molar-refractivity contribution >= 4 is 17.3 Å². The number of hydrogen-bond acceptors (Lipinski definition) is 6. The molecular weight excluding hydrogens is 490 g/mol. The molecule has 0 atom stereocenters. The van der Waals surface area contributed by atoms with Crippen LogP contribution in [0.25, 0.3) is 10.9 Å². The number of alkyl halides is 2. The molecule has 1 saturated heterocycles. The van der Waals surface area contributed by atoms with Gasteiger partial charge in [-0.25, -0.2) is 13.6 Å². The van der Waals surface area contributed by atoms with Gasteiger partial charge in [0.2, 0.25) is 11.8 Å². The molecule has 198 valence electrons. The molecule has 1 aromatic carbocycles. The molecule has 1 aliphatic heterocycles. The molecule has 3 heterocycles. The van der Waals surface area contributed by atoms with Crippen molar-refractivity contribution in [3.05, 3.63) is 67.2 Å². The van der Waals surface area contributed by atoms with Gasteiger partial charge in [0.05, 0.1) is 30.8 Å². The Kier molecular flexibility index (Phi) is 7.74. The Morgan fingerprint density at radius 3 is 2.43 bits per heavy atom. The standard InChI is InChI=1S/C25H28F2N4O6/c1-28-14-23(36-2)22(33)9-17(28)13-30-24(34)20-10-18(37-19(11-26)12-27)3-4-21(20)31(25(30)35)16-5-7-29(15-32)8-6-16/h3-4,9-10,14-16,19H,5-8,11-13H2,1-2H3. The third kappa shape index (κ3) is 5.13. The van der Waals surface area contributed by atoms with Crippen molar-refractivity contribution < 1.29 is 23.0 Å².